The molecule has 1 amide bonds. The van der Waals surface area contributed by atoms with Crippen LogP contribution in [0.2, 0.25) is 11.3 Å². The fourth-order valence-electron chi connectivity index (χ4n) is 2.87. The number of benzene rings is 1. The molecule has 2 rings (SSSR count). The van der Waals surface area contributed by atoms with E-state index in [2.05, 4.69) is 5.32 Å². The van der Waals surface area contributed by atoms with E-state index in [0.29, 0.717) is 17.1 Å². The molecule has 0 aromatic heterocycles. The van der Waals surface area contributed by atoms with Gasteiger partial charge < -0.3 is 31.1 Å². The Morgan fingerprint density at radius 1 is 1.36 bits per heavy atom. The van der Waals surface area contributed by atoms with Crippen LogP contribution in [0, 0.1) is 5.92 Å². The lowest BCUT2D eigenvalue weighted by Crippen LogP contribution is -2.59. The van der Waals surface area contributed by atoms with E-state index >= 15 is 0 Å². The molecule has 0 bridgehead atoms. The molecule has 1 aromatic rings. The van der Waals surface area contributed by atoms with Gasteiger partial charge in [-0.3, -0.25) is 9.59 Å². The van der Waals surface area contributed by atoms with Crippen molar-refractivity contribution in [2.45, 2.75) is 18.3 Å². The van der Waals surface area contributed by atoms with Crippen LogP contribution in [0.1, 0.15) is 6.42 Å². The Hall–Kier alpha value is -1.65. The molecule has 1 aromatic carbocycles. The monoisotopic (exact) mass is 369 g/mol. The van der Waals surface area contributed by atoms with Crippen molar-refractivity contribution in [2.24, 2.45) is 11.7 Å². The molecule has 8 nitrogen and oxygen atoms in total. The van der Waals surface area contributed by atoms with Crippen molar-refractivity contribution < 1.29 is 24.7 Å². The van der Waals surface area contributed by atoms with Gasteiger partial charge in [0.25, 0.3) is 0 Å². The highest BCUT2D eigenvalue weighted by Crippen LogP contribution is 2.26. The third-order valence-corrected chi connectivity index (χ3v) is 4.58. The Morgan fingerprint density at radius 2 is 2.00 bits per heavy atom. The first-order chi connectivity index (χ1) is 11.8. The van der Waals surface area contributed by atoms with E-state index in [1.54, 1.807) is 24.3 Å². The zero-order valence-electron chi connectivity index (χ0n) is 13.6. The van der Waals surface area contributed by atoms with Crippen LogP contribution in [0.15, 0.2) is 24.3 Å². The molecule has 1 aliphatic rings. The number of nitrogens with one attached hydrogen (secondary N) is 1. The van der Waals surface area contributed by atoms with Crippen molar-refractivity contribution in [3.05, 3.63) is 29.3 Å². The summed E-state index contributed by atoms with van der Waals surface area (Å²) in [4.78, 5) is 26.0. The van der Waals surface area contributed by atoms with Gasteiger partial charge in [-0.2, -0.15) is 0 Å². The summed E-state index contributed by atoms with van der Waals surface area (Å²) in [5.74, 6) is -2.60. The topological polar surface area (TPSA) is 136 Å². The van der Waals surface area contributed by atoms with E-state index in [4.69, 9.17) is 27.4 Å². The second-order valence-corrected chi connectivity index (χ2v) is 6.55. The van der Waals surface area contributed by atoms with E-state index in [1.807, 2.05) is 0 Å². The van der Waals surface area contributed by atoms with Gasteiger partial charge in [-0.1, -0.05) is 11.6 Å². The second-order valence-electron chi connectivity index (χ2n) is 6.12. The predicted molar refractivity (Wildman–Crippen MR) is 94.3 cm³/mol. The van der Waals surface area contributed by atoms with Crippen LogP contribution in [-0.4, -0.2) is 59.3 Å². The quantitative estimate of drug-likeness (QED) is 0.410. The van der Waals surface area contributed by atoms with Crippen molar-refractivity contribution in [1.82, 2.24) is 5.32 Å². The Bertz CT molecular complexity index is 630. The fraction of sp³-hybridized carbons (Fsp3) is 0.467. The number of hydrogen-bond donors (Lipinski definition) is 5. The first kappa shape index (κ1) is 19.7. The molecule has 10 heteroatoms. The van der Waals surface area contributed by atoms with Crippen LogP contribution in [-0.2, 0) is 9.59 Å². The number of carboxylic acid groups (broad SMARTS) is 1. The summed E-state index contributed by atoms with van der Waals surface area (Å²) < 4.78 is 0. The van der Waals surface area contributed by atoms with Gasteiger partial charge in [0.05, 0.1) is 5.92 Å². The van der Waals surface area contributed by atoms with Crippen LogP contribution < -0.4 is 16.0 Å². The number of nitrogens with two attached hydrogens (primary N) is 1. The molecular weight excluding hydrogens is 348 g/mol. The van der Waals surface area contributed by atoms with E-state index in [9.17, 15) is 14.7 Å². The highest BCUT2D eigenvalue weighted by molar-refractivity contribution is 6.40. The van der Waals surface area contributed by atoms with E-state index < -0.39 is 30.5 Å². The first-order valence-corrected chi connectivity index (χ1v) is 8.29. The molecule has 0 radical (unpaired) electrons. The van der Waals surface area contributed by atoms with Crippen LogP contribution >= 0.6 is 11.6 Å². The lowest BCUT2D eigenvalue weighted by molar-refractivity contribution is -0.146. The van der Waals surface area contributed by atoms with Crippen molar-refractivity contribution in [3.63, 3.8) is 0 Å². The Kier molecular flexibility index (Phi) is 6.42. The number of carbonyl (C=O) groups is 2. The summed E-state index contributed by atoms with van der Waals surface area (Å²) in [5.41, 5.74) is 4.81. The summed E-state index contributed by atoms with van der Waals surface area (Å²) >= 11 is 5.88. The minimum atomic E-state index is -1.68. The van der Waals surface area contributed by atoms with Gasteiger partial charge in [-0.25, -0.2) is 0 Å². The molecule has 0 unspecified atom stereocenters. The van der Waals surface area contributed by atoms with Gasteiger partial charge in [-0.15, -0.1) is 0 Å². The van der Waals surface area contributed by atoms with Gasteiger partial charge in [0.1, 0.15) is 5.54 Å². The Morgan fingerprint density at radius 3 is 2.56 bits per heavy atom. The highest BCUT2D eigenvalue weighted by atomic mass is 35.5. The Labute approximate surface area is 150 Å². The number of aliphatic carboxylic acids is 1. The lowest BCUT2D eigenvalue weighted by atomic mass is 9.84. The molecule has 25 heavy (non-hydrogen) atoms. The third-order valence-electron chi connectivity index (χ3n) is 4.33. The zero-order valence-corrected chi connectivity index (χ0v) is 14.3. The number of halogens is 1. The molecule has 136 valence electrons. The average Bonchev–Trinajstić information content (AvgIpc) is 2.95. The maximum atomic E-state index is 13.0. The molecule has 2 atom stereocenters. The summed E-state index contributed by atoms with van der Waals surface area (Å²) in [6.07, 6.45) is 0.420. The average molecular weight is 370 g/mol. The summed E-state index contributed by atoms with van der Waals surface area (Å²) in [6, 6.07) is 6.55. The fourth-order valence-corrected chi connectivity index (χ4v) is 2.99. The third kappa shape index (κ3) is 4.50. The predicted octanol–water partition coefficient (Wildman–Crippen LogP) is -0.463. The molecule has 1 heterocycles. The summed E-state index contributed by atoms with van der Waals surface area (Å²) in [5, 5.41) is 30.8. The van der Waals surface area contributed by atoms with Gasteiger partial charge in [0.2, 0.25) is 5.91 Å². The molecule has 0 aliphatic carbocycles. The molecule has 6 N–H and O–H groups in total. The van der Waals surface area contributed by atoms with Gasteiger partial charge >= 0.3 is 13.1 Å². The molecule has 1 fully saturated rings. The van der Waals surface area contributed by atoms with Crippen LogP contribution in [0.25, 0.3) is 0 Å². The van der Waals surface area contributed by atoms with Crippen molar-refractivity contribution in [2.75, 3.05) is 24.5 Å². The number of amides is 1. The second kappa shape index (κ2) is 8.16. The van der Waals surface area contributed by atoms with Crippen LogP contribution in [0.4, 0.5) is 5.69 Å². The number of anilines is 1. The molecular formula is C15H21BClN3O5. The van der Waals surface area contributed by atoms with Crippen molar-refractivity contribution in [1.29, 1.82) is 0 Å². The summed E-state index contributed by atoms with van der Waals surface area (Å²) in [7, 11) is -1.47. The normalized spacial score (nSPS) is 22.6. The summed E-state index contributed by atoms with van der Waals surface area (Å²) in [6.45, 7) is 0.362. The van der Waals surface area contributed by atoms with Crippen molar-refractivity contribution >= 4 is 36.3 Å². The number of hydrogen-bond acceptors (Lipinski definition) is 6. The maximum Gasteiger partial charge on any atom is 0.451 e. The molecule has 0 saturated carbocycles. The molecule has 1 aliphatic heterocycles. The van der Waals surface area contributed by atoms with E-state index in [1.165, 1.54) is 4.90 Å². The first-order valence-electron chi connectivity index (χ1n) is 7.92. The van der Waals surface area contributed by atoms with Crippen LogP contribution in [0.5, 0.6) is 0 Å². The molecule has 0 spiro atoms. The smallest absolute Gasteiger partial charge is 0.451 e. The minimum absolute atomic E-state index is 0.00253. The largest absolute Gasteiger partial charge is 0.480 e. The maximum absolute atomic E-state index is 13.0. The molecule has 1 saturated heterocycles. The van der Waals surface area contributed by atoms with Gasteiger partial charge in [0.15, 0.2) is 0 Å². The zero-order chi connectivity index (χ0) is 18.6. The number of nitrogens with zero attached hydrogens (tertiary/aromatic N) is 1. The van der Waals surface area contributed by atoms with E-state index in [-0.39, 0.29) is 26.0 Å². The SMILES string of the molecule is N[C@@]1(C(=O)O)CNC[C@@H]1C(=O)N(CCCB(O)O)c1ccc(Cl)cc1. The number of carboxylic acids is 1. The van der Waals surface area contributed by atoms with Crippen molar-refractivity contribution in [3.8, 4) is 0 Å². The standard InChI is InChI=1S/C15H21BClN3O5/c17-10-2-4-11(5-3-10)20(7-1-6-16(24)25)13(21)12-8-19-9-15(12,18)14(22)23/h2-5,12,19,24-25H,1,6-9,18H2,(H,22,23)/t12-,15+/m1/s1. The highest BCUT2D eigenvalue weighted by Gasteiger charge is 2.51. The van der Waals surface area contributed by atoms with Crippen LogP contribution in [0.3, 0.4) is 0 Å². The van der Waals surface area contributed by atoms with Gasteiger partial charge in [-0.05, 0) is 37.0 Å². The van der Waals surface area contributed by atoms with Gasteiger partial charge in [0, 0.05) is 30.3 Å². The number of carbonyl (C=O) groups excluding carboxylic acids is 1. The Balaban J connectivity index is 2.25. The van der Waals surface area contributed by atoms with E-state index in [0.717, 1.165) is 0 Å². The number of rotatable bonds is 7. The minimum Gasteiger partial charge on any atom is -0.480 e. The lowest BCUT2D eigenvalue weighted by Gasteiger charge is -2.31.